The minimum Gasteiger partial charge on any atom is -0.352 e. The number of carbonyl (C=O) groups excluding carboxylic acids is 1. The van der Waals surface area contributed by atoms with Crippen LogP contribution < -0.4 is 10.0 Å². The second-order valence-electron chi connectivity index (χ2n) is 5.04. The average molecular weight is 364 g/mol. The summed E-state index contributed by atoms with van der Waals surface area (Å²) < 4.78 is 26.4. The lowest BCUT2D eigenvalue weighted by atomic mass is 10.3. The maximum Gasteiger partial charge on any atom is 0.269 e. The zero-order valence-corrected chi connectivity index (χ0v) is 13.9. The van der Waals surface area contributed by atoms with Crippen LogP contribution in [0.5, 0.6) is 0 Å². The minimum absolute atomic E-state index is 0.0352. The van der Waals surface area contributed by atoms with Crippen molar-refractivity contribution in [2.45, 2.75) is 17.9 Å². The molecule has 0 aliphatic rings. The van der Waals surface area contributed by atoms with E-state index < -0.39 is 14.9 Å². The third-order valence-corrected chi connectivity index (χ3v) is 4.69. The van der Waals surface area contributed by atoms with E-state index in [1.807, 2.05) is 6.07 Å². The molecule has 1 aromatic heterocycles. The number of nitrogens with one attached hydrogen (secondary N) is 2. The Balaban J connectivity index is 1.81. The smallest absolute Gasteiger partial charge is 0.269 e. The van der Waals surface area contributed by atoms with Crippen molar-refractivity contribution < 1.29 is 18.1 Å². The molecule has 2 N–H and O–H groups in total. The molecule has 9 nitrogen and oxygen atoms in total. The van der Waals surface area contributed by atoms with Gasteiger partial charge in [-0.3, -0.25) is 19.9 Å². The molecule has 2 rings (SSSR count). The van der Waals surface area contributed by atoms with Gasteiger partial charge >= 0.3 is 0 Å². The molecule has 132 valence electrons. The van der Waals surface area contributed by atoms with Crippen molar-refractivity contribution in [2.75, 3.05) is 6.54 Å². The van der Waals surface area contributed by atoms with Gasteiger partial charge < -0.3 is 5.32 Å². The first-order valence-electron chi connectivity index (χ1n) is 7.28. The summed E-state index contributed by atoms with van der Waals surface area (Å²) in [5, 5.41) is 13.2. The molecule has 0 spiro atoms. The number of carbonyl (C=O) groups is 1. The molecule has 2 aromatic rings. The molecule has 0 unspecified atom stereocenters. The molecule has 25 heavy (non-hydrogen) atoms. The first-order chi connectivity index (χ1) is 11.9. The van der Waals surface area contributed by atoms with E-state index in [4.69, 9.17) is 0 Å². The quantitative estimate of drug-likeness (QED) is 0.530. The standard InChI is InChI=1S/C15H16N4O5S/c20-15(17-11-12-2-1-8-16-10-12)7-9-18-25(23,24)14-5-3-13(4-6-14)19(21)22/h1-6,8,10,18H,7,9,11H2,(H,17,20). The zero-order chi connectivity index (χ0) is 18.3. The van der Waals surface area contributed by atoms with E-state index in [-0.39, 0.29) is 29.5 Å². The second kappa shape index (κ2) is 8.31. The van der Waals surface area contributed by atoms with Gasteiger partial charge in [-0.05, 0) is 23.8 Å². The lowest BCUT2D eigenvalue weighted by Crippen LogP contribution is -2.30. The first kappa shape index (κ1) is 18.5. The Labute approximate surface area is 144 Å². The SMILES string of the molecule is O=C(CCNS(=O)(=O)c1ccc([N+](=O)[O-])cc1)NCc1cccnc1. The van der Waals surface area contributed by atoms with Crippen molar-refractivity contribution in [1.29, 1.82) is 0 Å². The highest BCUT2D eigenvalue weighted by Crippen LogP contribution is 2.15. The highest BCUT2D eigenvalue weighted by molar-refractivity contribution is 7.89. The van der Waals surface area contributed by atoms with Gasteiger partial charge in [0.2, 0.25) is 15.9 Å². The molecule has 0 radical (unpaired) electrons. The van der Waals surface area contributed by atoms with E-state index in [9.17, 15) is 23.3 Å². The van der Waals surface area contributed by atoms with E-state index in [2.05, 4.69) is 15.0 Å². The number of non-ortho nitro benzene ring substituents is 1. The number of aromatic nitrogens is 1. The number of nitrogens with zero attached hydrogens (tertiary/aromatic N) is 2. The molecule has 1 aromatic carbocycles. The van der Waals surface area contributed by atoms with Gasteiger partial charge in [0, 0.05) is 44.0 Å². The predicted molar refractivity (Wildman–Crippen MR) is 89.0 cm³/mol. The summed E-state index contributed by atoms with van der Waals surface area (Å²) in [6.45, 7) is 0.222. The fraction of sp³-hybridized carbons (Fsp3) is 0.200. The van der Waals surface area contributed by atoms with E-state index in [0.29, 0.717) is 6.54 Å². The van der Waals surface area contributed by atoms with E-state index in [1.54, 1.807) is 18.5 Å². The second-order valence-corrected chi connectivity index (χ2v) is 6.80. The molecule has 0 aliphatic heterocycles. The van der Waals surface area contributed by atoms with Crippen LogP contribution in [0.3, 0.4) is 0 Å². The number of nitro benzene ring substituents is 1. The maximum absolute atomic E-state index is 12.1. The number of rotatable bonds is 8. The Bertz CT molecular complexity index is 838. The third kappa shape index (κ3) is 5.62. The number of amides is 1. The Morgan fingerprint density at radius 3 is 2.52 bits per heavy atom. The first-order valence-corrected chi connectivity index (χ1v) is 8.76. The predicted octanol–water partition coefficient (Wildman–Crippen LogP) is 0.975. The van der Waals surface area contributed by atoms with Gasteiger partial charge in [0.05, 0.1) is 9.82 Å². The van der Waals surface area contributed by atoms with Crippen LogP contribution in [0.4, 0.5) is 5.69 Å². The number of sulfonamides is 1. The molecule has 1 amide bonds. The van der Waals surface area contributed by atoms with Gasteiger partial charge in [-0.2, -0.15) is 0 Å². The van der Waals surface area contributed by atoms with E-state index in [1.165, 1.54) is 0 Å². The summed E-state index contributed by atoms with van der Waals surface area (Å²) >= 11 is 0. The number of nitro groups is 1. The molecule has 1 heterocycles. The Morgan fingerprint density at radius 2 is 1.92 bits per heavy atom. The fourth-order valence-corrected chi connectivity index (χ4v) is 2.95. The number of pyridine rings is 1. The van der Waals surface area contributed by atoms with Crippen LogP contribution >= 0.6 is 0 Å². The van der Waals surface area contributed by atoms with Crippen LogP contribution in [0.25, 0.3) is 0 Å². The topological polar surface area (TPSA) is 131 Å². The molecular weight excluding hydrogens is 348 g/mol. The monoisotopic (exact) mass is 364 g/mol. The van der Waals surface area contributed by atoms with E-state index >= 15 is 0 Å². The van der Waals surface area contributed by atoms with Gasteiger partial charge in [0.15, 0.2) is 0 Å². The van der Waals surface area contributed by atoms with Gasteiger partial charge in [-0.25, -0.2) is 13.1 Å². The fourth-order valence-electron chi connectivity index (χ4n) is 1.92. The number of benzene rings is 1. The van der Waals surface area contributed by atoms with Crippen molar-refractivity contribution in [3.8, 4) is 0 Å². The van der Waals surface area contributed by atoms with Crippen molar-refractivity contribution in [3.63, 3.8) is 0 Å². The van der Waals surface area contributed by atoms with Crippen LogP contribution in [0.1, 0.15) is 12.0 Å². The molecule has 0 aliphatic carbocycles. The number of hydrogen-bond donors (Lipinski definition) is 2. The highest BCUT2D eigenvalue weighted by atomic mass is 32.2. The highest BCUT2D eigenvalue weighted by Gasteiger charge is 2.15. The molecule has 0 saturated heterocycles. The van der Waals surface area contributed by atoms with Crippen molar-refractivity contribution in [1.82, 2.24) is 15.0 Å². The summed E-state index contributed by atoms with van der Waals surface area (Å²) in [6.07, 6.45) is 3.21. The Morgan fingerprint density at radius 1 is 1.20 bits per heavy atom. The summed E-state index contributed by atoms with van der Waals surface area (Å²) in [5.41, 5.74) is 0.635. The molecule has 0 atom stereocenters. The van der Waals surface area contributed by atoms with Crippen LogP contribution in [0, 0.1) is 10.1 Å². The van der Waals surface area contributed by atoms with Crippen LogP contribution in [-0.2, 0) is 21.4 Å². The third-order valence-electron chi connectivity index (χ3n) is 3.21. The molecular formula is C15H16N4O5S. The minimum atomic E-state index is -3.83. The van der Waals surface area contributed by atoms with Crippen LogP contribution in [0.2, 0.25) is 0 Å². The van der Waals surface area contributed by atoms with Crippen molar-refractivity contribution >= 4 is 21.6 Å². The van der Waals surface area contributed by atoms with Crippen molar-refractivity contribution in [3.05, 3.63) is 64.5 Å². The van der Waals surface area contributed by atoms with Crippen molar-refractivity contribution in [2.24, 2.45) is 0 Å². The molecule has 0 saturated carbocycles. The van der Waals surface area contributed by atoms with E-state index in [0.717, 1.165) is 29.8 Å². The van der Waals surface area contributed by atoms with Gasteiger partial charge in [-0.1, -0.05) is 6.07 Å². The van der Waals surface area contributed by atoms with Gasteiger partial charge in [-0.15, -0.1) is 0 Å². The summed E-state index contributed by atoms with van der Waals surface area (Å²) in [7, 11) is -3.83. The van der Waals surface area contributed by atoms with Gasteiger partial charge in [0.25, 0.3) is 5.69 Å². The molecule has 10 heteroatoms. The summed E-state index contributed by atoms with van der Waals surface area (Å²) in [5.74, 6) is -0.310. The Kier molecular flexibility index (Phi) is 6.14. The average Bonchev–Trinajstić information content (AvgIpc) is 2.61. The maximum atomic E-state index is 12.1. The lowest BCUT2D eigenvalue weighted by molar-refractivity contribution is -0.384. The molecule has 0 bridgehead atoms. The molecule has 0 fully saturated rings. The number of hydrogen-bond acceptors (Lipinski definition) is 6. The summed E-state index contributed by atoms with van der Waals surface area (Å²) in [6, 6.07) is 8.06. The van der Waals surface area contributed by atoms with Crippen LogP contribution in [0.15, 0.2) is 53.7 Å². The summed E-state index contributed by atoms with van der Waals surface area (Å²) in [4.78, 5) is 25.5. The normalized spacial score (nSPS) is 11.0. The zero-order valence-electron chi connectivity index (χ0n) is 13.1. The largest absolute Gasteiger partial charge is 0.352 e. The Hall–Kier alpha value is -2.85. The lowest BCUT2D eigenvalue weighted by Gasteiger charge is -2.07. The van der Waals surface area contributed by atoms with Gasteiger partial charge in [0.1, 0.15) is 0 Å². The van der Waals surface area contributed by atoms with Crippen LogP contribution in [-0.4, -0.2) is 30.8 Å².